The van der Waals surface area contributed by atoms with E-state index in [1.54, 1.807) is 17.4 Å². The van der Waals surface area contributed by atoms with E-state index >= 15 is 0 Å². The van der Waals surface area contributed by atoms with Crippen molar-refractivity contribution < 1.29 is 0 Å². The Balaban J connectivity index is 1.79. The first kappa shape index (κ1) is 12.8. The summed E-state index contributed by atoms with van der Waals surface area (Å²) in [6, 6.07) is 14.0. The zero-order valence-electron chi connectivity index (χ0n) is 9.99. The number of hydrogen-bond donors (Lipinski definition) is 1. The molecular formula is C15H11Cl2NS. The molecule has 3 aromatic rings. The lowest BCUT2D eigenvalue weighted by atomic mass is 10.2. The van der Waals surface area contributed by atoms with Gasteiger partial charge in [0.1, 0.15) is 0 Å². The third-order valence-corrected chi connectivity index (χ3v) is 4.44. The van der Waals surface area contributed by atoms with Crippen LogP contribution in [0.25, 0.3) is 10.1 Å². The van der Waals surface area contributed by atoms with E-state index in [1.165, 1.54) is 10.1 Å². The van der Waals surface area contributed by atoms with Crippen LogP contribution in [0, 0.1) is 0 Å². The Morgan fingerprint density at radius 1 is 1.00 bits per heavy atom. The number of rotatable bonds is 3. The zero-order chi connectivity index (χ0) is 13.2. The molecule has 0 amide bonds. The van der Waals surface area contributed by atoms with E-state index in [-0.39, 0.29) is 0 Å². The summed E-state index contributed by atoms with van der Waals surface area (Å²) in [6.07, 6.45) is 0. The summed E-state index contributed by atoms with van der Waals surface area (Å²) in [4.78, 5) is 0. The van der Waals surface area contributed by atoms with Gasteiger partial charge in [0.15, 0.2) is 0 Å². The van der Waals surface area contributed by atoms with Crippen molar-refractivity contribution in [3.8, 4) is 0 Å². The summed E-state index contributed by atoms with van der Waals surface area (Å²) < 4.78 is 1.30. The molecule has 96 valence electrons. The van der Waals surface area contributed by atoms with Gasteiger partial charge in [-0.05, 0) is 58.8 Å². The molecule has 0 fully saturated rings. The smallest absolute Gasteiger partial charge is 0.0456 e. The normalized spacial score (nSPS) is 10.8. The van der Waals surface area contributed by atoms with Gasteiger partial charge in [-0.25, -0.2) is 0 Å². The van der Waals surface area contributed by atoms with Gasteiger partial charge in [0.25, 0.3) is 0 Å². The van der Waals surface area contributed by atoms with E-state index in [4.69, 9.17) is 23.2 Å². The lowest BCUT2D eigenvalue weighted by Crippen LogP contribution is -1.99. The van der Waals surface area contributed by atoms with E-state index < -0.39 is 0 Å². The minimum Gasteiger partial charge on any atom is -0.381 e. The van der Waals surface area contributed by atoms with E-state index in [1.807, 2.05) is 12.1 Å². The number of benzene rings is 2. The molecule has 2 aromatic carbocycles. The summed E-state index contributed by atoms with van der Waals surface area (Å²) in [5.41, 5.74) is 2.08. The fourth-order valence-corrected chi connectivity index (χ4v) is 3.10. The van der Waals surface area contributed by atoms with Gasteiger partial charge in [0.05, 0.1) is 0 Å². The van der Waals surface area contributed by atoms with Crippen LogP contribution in [0.3, 0.4) is 0 Å². The molecule has 4 heteroatoms. The van der Waals surface area contributed by atoms with Gasteiger partial charge in [0, 0.05) is 27.0 Å². The Bertz CT molecular complexity index is 721. The molecule has 0 aliphatic heterocycles. The maximum absolute atomic E-state index is 6.14. The molecule has 0 saturated carbocycles. The first-order valence-corrected chi connectivity index (χ1v) is 7.51. The molecule has 1 N–H and O–H groups in total. The van der Waals surface area contributed by atoms with Crippen LogP contribution in [0.2, 0.25) is 10.0 Å². The highest BCUT2D eigenvalue weighted by atomic mass is 35.5. The van der Waals surface area contributed by atoms with Crippen molar-refractivity contribution in [1.29, 1.82) is 0 Å². The van der Waals surface area contributed by atoms with Gasteiger partial charge in [-0.15, -0.1) is 11.3 Å². The highest BCUT2D eigenvalue weighted by Crippen LogP contribution is 2.25. The Labute approximate surface area is 125 Å². The van der Waals surface area contributed by atoms with E-state index in [2.05, 4.69) is 35.0 Å². The zero-order valence-corrected chi connectivity index (χ0v) is 12.3. The molecule has 0 unspecified atom stereocenters. The Kier molecular flexibility index (Phi) is 3.65. The number of fused-ring (bicyclic) bond motifs is 1. The second kappa shape index (κ2) is 5.41. The van der Waals surface area contributed by atoms with Crippen molar-refractivity contribution in [2.24, 2.45) is 0 Å². The van der Waals surface area contributed by atoms with E-state index in [0.29, 0.717) is 11.6 Å². The van der Waals surface area contributed by atoms with Gasteiger partial charge in [0.2, 0.25) is 0 Å². The van der Waals surface area contributed by atoms with Crippen LogP contribution in [-0.2, 0) is 6.54 Å². The minimum absolute atomic E-state index is 0.662. The van der Waals surface area contributed by atoms with E-state index in [9.17, 15) is 0 Å². The quantitative estimate of drug-likeness (QED) is 0.643. The highest BCUT2D eigenvalue weighted by molar-refractivity contribution is 7.17. The Morgan fingerprint density at radius 3 is 2.79 bits per heavy atom. The van der Waals surface area contributed by atoms with Crippen LogP contribution >= 0.6 is 34.5 Å². The maximum atomic E-state index is 6.14. The standard InChI is InChI=1S/C15H11Cl2NS/c16-12-1-3-14(17)11(7-12)9-18-13-2-4-15-10(8-13)5-6-19-15/h1-8,18H,9H2. The first-order valence-electron chi connectivity index (χ1n) is 5.87. The largest absolute Gasteiger partial charge is 0.381 e. The van der Waals surface area contributed by atoms with Crippen LogP contribution in [0.1, 0.15) is 5.56 Å². The summed E-state index contributed by atoms with van der Waals surface area (Å²) in [5, 5.41) is 8.16. The van der Waals surface area contributed by atoms with Crippen LogP contribution in [0.5, 0.6) is 0 Å². The molecule has 0 bridgehead atoms. The predicted octanol–water partition coefficient (Wildman–Crippen LogP) is 5.82. The van der Waals surface area contributed by atoms with Gasteiger partial charge in [-0.3, -0.25) is 0 Å². The topological polar surface area (TPSA) is 12.0 Å². The number of hydrogen-bond acceptors (Lipinski definition) is 2. The molecular weight excluding hydrogens is 297 g/mol. The second-order valence-corrected chi connectivity index (χ2v) is 6.05. The summed E-state index contributed by atoms with van der Waals surface area (Å²) in [6.45, 7) is 0.662. The van der Waals surface area contributed by atoms with E-state index in [0.717, 1.165) is 16.3 Å². The summed E-state index contributed by atoms with van der Waals surface area (Å²) in [7, 11) is 0. The SMILES string of the molecule is Clc1ccc(Cl)c(CNc2ccc3sccc3c2)c1. The number of halogens is 2. The van der Waals surface area contributed by atoms with Crippen molar-refractivity contribution in [2.45, 2.75) is 6.54 Å². The van der Waals surface area contributed by atoms with Crippen molar-refractivity contribution in [3.63, 3.8) is 0 Å². The van der Waals surface area contributed by atoms with Crippen LogP contribution in [-0.4, -0.2) is 0 Å². The van der Waals surface area contributed by atoms with Crippen molar-refractivity contribution in [1.82, 2.24) is 0 Å². The maximum Gasteiger partial charge on any atom is 0.0456 e. The molecule has 1 aromatic heterocycles. The van der Waals surface area contributed by atoms with Gasteiger partial charge in [-0.1, -0.05) is 23.2 Å². The molecule has 0 atom stereocenters. The summed E-state index contributed by atoms with van der Waals surface area (Å²) >= 11 is 13.9. The van der Waals surface area contributed by atoms with Crippen molar-refractivity contribution in [2.75, 3.05) is 5.32 Å². The van der Waals surface area contributed by atoms with Crippen LogP contribution in [0.15, 0.2) is 47.8 Å². The van der Waals surface area contributed by atoms with Gasteiger partial charge >= 0.3 is 0 Å². The molecule has 1 nitrogen and oxygen atoms in total. The average Bonchev–Trinajstić information content (AvgIpc) is 2.87. The Morgan fingerprint density at radius 2 is 1.89 bits per heavy atom. The van der Waals surface area contributed by atoms with Crippen LogP contribution < -0.4 is 5.32 Å². The van der Waals surface area contributed by atoms with Gasteiger partial charge in [-0.2, -0.15) is 0 Å². The minimum atomic E-state index is 0.662. The monoisotopic (exact) mass is 307 g/mol. The molecule has 1 heterocycles. The molecule has 0 radical (unpaired) electrons. The lowest BCUT2D eigenvalue weighted by molar-refractivity contribution is 1.15. The average molecular weight is 308 g/mol. The molecule has 0 spiro atoms. The first-order chi connectivity index (χ1) is 9.22. The number of nitrogens with one attached hydrogen (secondary N) is 1. The molecule has 0 aliphatic rings. The van der Waals surface area contributed by atoms with Crippen LogP contribution in [0.4, 0.5) is 5.69 Å². The van der Waals surface area contributed by atoms with Crippen molar-refractivity contribution in [3.05, 3.63) is 63.5 Å². The predicted molar refractivity (Wildman–Crippen MR) is 85.6 cm³/mol. The fraction of sp³-hybridized carbons (Fsp3) is 0.0667. The highest BCUT2D eigenvalue weighted by Gasteiger charge is 2.02. The Hall–Kier alpha value is -1.22. The fourth-order valence-electron chi connectivity index (χ4n) is 1.95. The number of thiophene rings is 1. The second-order valence-electron chi connectivity index (χ2n) is 4.26. The third-order valence-electron chi connectivity index (χ3n) is 2.94. The molecule has 0 saturated heterocycles. The van der Waals surface area contributed by atoms with Gasteiger partial charge < -0.3 is 5.32 Å². The van der Waals surface area contributed by atoms with Crippen molar-refractivity contribution >= 4 is 50.3 Å². The molecule has 3 rings (SSSR count). The summed E-state index contributed by atoms with van der Waals surface area (Å²) in [5.74, 6) is 0. The number of anilines is 1. The third kappa shape index (κ3) is 2.86. The molecule has 0 aliphatic carbocycles. The lowest BCUT2D eigenvalue weighted by Gasteiger charge is -2.08. The molecule has 19 heavy (non-hydrogen) atoms.